The van der Waals surface area contributed by atoms with Gasteiger partial charge in [0.15, 0.2) is 23.6 Å². The lowest BCUT2D eigenvalue weighted by atomic mass is 10.0. The van der Waals surface area contributed by atoms with E-state index < -0.39 is 29.2 Å². The van der Waals surface area contributed by atoms with Crippen molar-refractivity contribution in [2.75, 3.05) is 18.6 Å². The number of hydrogen-bond donors (Lipinski definition) is 3. The highest BCUT2D eigenvalue weighted by atomic mass is 32.2. The zero-order valence-corrected chi connectivity index (χ0v) is 21.7. The van der Waals surface area contributed by atoms with Crippen LogP contribution in [0.25, 0.3) is 5.52 Å². The second kappa shape index (κ2) is 9.80. The number of rotatable bonds is 7. The molecule has 5 heterocycles. The molecule has 4 N–H and O–H groups in total. The molecule has 0 bridgehead atoms. The molecule has 194 valence electrons. The second-order valence-corrected chi connectivity index (χ2v) is 10.4. The van der Waals surface area contributed by atoms with Crippen LogP contribution in [0.1, 0.15) is 17.1 Å². The van der Waals surface area contributed by atoms with Gasteiger partial charge < -0.3 is 21.0 Å². The van der Waals surface area contributed by atoms with E-state index in [0.717, 1.165) is 22.5 Å². The predicted octanol–water partition coefficient (Wildman–Crippen LogP) is 0.235. The number of carboxylic acid groups (broad SMARTS) is 1. The van der Waals surface area contributed by atoms with Crippen LogP contribution in [0.2, 0.25) is 0 Å². The standard InChI is InChI=1S/C23H20N8O5S2/c1-11-15-4-3-13(7-24)30(15)6-5-29(11)8-12-9-37-21-17(20(33)31(21)18(12)22(34)35)27-19(32)16(28-36-2)14-10-38-23(25)26-14/h3-6,10,17,21H,8-9H2,1-2H3,(H3-,25,26,27,32,34,35)/p+1/b28-16-/t17-,21+/m1/s1. The zero-order chi connectivity index (χ0) is 27.1. The lowest BCUT2D eigenvalue weighted by molar-refractivity contribution is -0.694. The molecule has 3 aromatic rings. The molecule has 2 aliphatic rings. The fourth-order valence-corrected chi connectivity index (χ4v) is 6.37. The van der Waals surface area contributed by atoms with Crippen LogP contribution in [0.5, 0.6) is 0 Å². The zero-order valence-electron chi connectivity index (χ0n) is 20.1. The third-order valence-electron chi connectivity index (χ3n) is 6.29. The second-order valence-electron chi connectivity index (χ2n) is 8.41. The van der Waals surface area contributed by atoms with Gasteiger partial charge in [-0.25, -0.2) is 9.78 Å². The predicted molar refractivity (Wildman–Crippen MR) is 137 cm³/mol. The fourth-order valence-electron chi connectivity index (χ4n) is 4.48. The summed E-state index contributed by atoms with van der Waals surface area (Å²) in [5.74, 6) is -2.11. The number of aromatic nitrogens is 3. The van der Waals surface area contributed by atoms with E-state index >= 15 is 0 Å². The Balaban J connectivity index is 1.38. The number of thiazole rings is 1. The molecule has 0 aromatic carbocycles. The van der Waals surface area contributed by atoms with E-state index in [1.807, 2.05) is 17.6 Å². The minimum absolute atomic E-state index is 0.0952. The first-order valence-electron chi connectivity index (χ1n) is 11.2. The molecular weight excluding hydrogens is 532 g/mol. The molecule has 15 heteroatoms. The van der Waals surface area contributed by atoms with E-state index in [1.165, 1.54) is 23.8 Å². The van der Waals surface area contributed by atoms with Crippen molar-refractivity contribution in [1.82, 2.24) is 19.6 Å². The van der Waals surface area contributed by atoms with Gasteiger partial charge in [-0.1, -0.05) is 5.16 Å². The number of fused-ring (bicyclic) bond motifs is 2. The number of nitrogens with zero attached hydrogens (tertiary/aromatic N) is 6. The summed E-state index contributed by atoms with van der Waals surface area (Å²) in [4.78, 5) is 48.3. The molecule has 2 amide bonds. The third-order valence-corrected chi connectivity index (χ3v) is 8.30. The highest BCUT2D eigenvalue weighted by Crippen LogP contribution is 2.40. The van der Waals surface area contributed by atoms with Gasteiger partial charge in [0.2, 0.25) is 5.69 Å². The fraction of sp³-hybridized carbons (Fsp3) is 0.261. The Hall–Kier alpha value is -4.42. The number of amides is 2. The lowest BCUT2D eigenvalue weighted by Gasteiger charge is -2.49. The van der Waals surface area contributed by atoms with Crippen molar-refractivity contribution in [1.29, 1.82) is 5.26 Å². The van der Waals surface area contributed by atoms with E-state index in [1.54, 1.807) is 28.2 Å². The minimum Gasteiger partial charge on any atom is -0.477 e. The van der Waals surface area contributed by atoms with Gasteiger partial charge in [0.25, 0.3) is 11.8 Å². The van der Waals surface area contributed by atoms with Crippen molar-refractivity contribution >= 4 is 57.2 Å². The topological polar surface area (TPSA) is 179 Å². The normalized spacial score (nSPS) is 19.1. The Kier molecular flexibility index (Phi) is 6.51. The molecule has 0 spiro atoms. The smallest absolute Gasteiger partial charge is 0.352 e. The molecule has 2 aliphatic heterocycles. The van der Waals surface area contributed by atoms with E-state index in [-0.39, 0.29) is 28.8 Å². The van der Waals surface area contributed by atoms with E-state index in [9.17, 15) is 24.8 Å². The largest absolute Gasteiger partial charge is 0.477 e. The van der Waals surface area contributed by atoms with Gasteiger partial charge in [-0.2, -0.15) is 9.83 Å². The minimum atomic E-state index is -1.23. The Morgan fingerprint density at radius 3 is 2.89 bits per heavy atom. The van der Waals surface area contributed by atoms with Crippen LogP contribution < -0.4 is 15.6 Å². The van der Waals surface area contributed by atoms with Crippen LogP contribution in [0, 0.1) is 18.3 Å². The van der Waals surface area contributed by atoms with Crippen molar-refractivity contribution in [3.63, 3.8) is 0 Å². The average molecular weight is 554 g/mol. The third kappa shape index (κ3) is 4.13. The van der Waals surface area contributed by atoms with Gasteiger partial charge in [0.1, 0.15) is 47.2 Å². The number of oxime groups is 1. The van der Waals surface area contributed by atoms with Gasteiger partial charge in [-0.15, -0.1) is 23.1 Å². The van der Waals surface area contributed by atoms with Gasteiger partial charge in [-0.3, -0.25) is 18.9 Å². The van der Waals surface area contributed by atoms with Gasteiger partial charge in [0.05, 0.1) is 6.20 Å². The van der Waals surface area contributed by atoms with Crippen molar-refractivity contribution < 1.29 is 28.9 Å². The highest BCUT2D eigenvalue weighted by molar-refractivity contribution is 8.00. The number of β-lactam (4-membered cyclic amide) rings is 1. The average Bonchev–Trinajstić information content (AvgIpc) is 3.52. The number of nitrogens with two attached hydrogens (primary N) is 1. The molecule has 1 saturated heterocycles. The van der Waals surface area contributed by atoms with Gasteiger partial charge >= 0.3 is 5.97 Å². The molecule has 2 atom stereocenters. The van der Waals surface area contributed by atoms with E-state index in [4.69, 9.17) is 10.6 Å². The SMILES string of the molecule is CO/N=C(\C(=O)N[C@@H]1C(=O)N2C(C(=O)O)=C(C[n+]3ccn4c(C#N)ccc4c3C)CS[C@@H]12)c1csc(N)n1. The Bertz CT molecular complexity index is 1600. The summed E-state index contributed by atoms with van der Waals surface area (Å²) in [6, 6.07) is 4.73. The number of thioether (sulfide) groups is 1. The van der Waals surface area contributed by atoms with Gasteiger partial charge in [0, 0.05) is 23.6 Å². The summed E-state index contributed by atoms with van der Waals surface area (Å²) in [7, 11) is 1.28. The van der Waals surface area contributed by atoms with Crippen LogP contribution in [0.15, 0.2) is 46.3 Å². The van der Waals surface area contributed by atoms with Crippen LogP contribution >= 0.6 is 23.1 Å². The molecule has 0 radical (unpaired) electrons. The number of hydrogen-bond acceptors (Lipinski definition) is 10. The quantitative estimate of drug-likeness (QED) is 0.160. The number of nitrogen functional groups attached to an aromatic ring is 1. The molecular formula is C23H21N8O5S2+. The number of nitrogens with one attached hydrogen (secondary N) is 1. The summed E-state index contributed by atoms with van der Waals surface area (Å²) < 4.78 is 3.64. The molecule has 3 aromatic heterocycles. The van der Waals surface area contributed by atoms with Crippen molar-refractivity contribution in [2.45, 2.75) is 24.9 Å². The Labute approximate surface area is 223 Å². The summed E-state index contributed by atoms with van der Waals surface area (Å²) >= 11 is 2.48. The maximum Gasteiger partial charge on any atom is 0.352 e. The van der Waals surface area contributed by atoms with Crippen molar-refractivity contribution in [3.8, 4) is 6.07 Å². The summed E-state index contributed by atoms with van der Waals surface area (Å²) in [6.45, 7) is 2.12. The van der Waals surface area contributed by atoms with E-state index in [0.29, 0.717) is 17.0 Å². The van der Waals surface area contributed by atoms with Gasteiger partial charge in [-0.05, 0) is 12.1 Å². The maximum atomic E-state index is 13.1. The molecule has 1 fully saturated rings. The van der Waals surface area contributed by atoms with E-state index in [2.05, 4.69) is 21.5 Å². The Morgan fingerprint density at radius 1 is 1.45 bits per heavy atom. The van der Waals surface area contributed by atoms with Crippen LogP contribution in [-0.2, 0) is 25.8 Å². The molecule has 13 nitrogen and oxygen atoms in total. The summed E-state index contributed by atoms with van der Waals surface area (Å²) in [5, 5.41) is 26.9. The number of aliphatic carboxylic acids is 1. The monoisotopic (exact) mass is 553 g/mol. The van der Waals surface area contributed by atoms with Crippen molar-refractivity contribution in [2.24, 2.45) is 5.16 Å². The number of carbonyl (C=O) groups is 3. The molecule has 5 rings (SSSR count). The Morgan fingerprint density at radius 2 is 2.24 bits per heavy atom. The lowest BCUT2D eigenvalue weighted by Crippen LogP contribution is -2.71. The van der Waals surface area contributed by atoms with Crippen molar-refractivity contribution in [3.05, 3.63) is 58.3 Å². The number of carbonyl (C=O) groups excluding carboxylic acids is 2. The van der Waals surface area contributed by atoms with Crippen LogP contribution in [-0.4, -0.2) is 67.2 Å². The first kappa shape index (κ1) is 25.2. The number of aryl methyl sites for hydroxylation is 1. The van der Waals surface area contributed by atoms with Crippen LogP contribution in [0.3, 0.4) is 0 Å². The molecule has 0 aliphatic carbocycles. The maximum absolute atomic E-state index is 13.1. The highest BCUT2D eigenvalue weighted by Gasteiger charge is 2.55. The summed E-state index contributed by atoms with van der Waals surface area (Å²) in [6.07, 6.45) is 3.52. The number of nitriles is 1. The number of anilines is 1. The first-order chi connectivity index (χ1) is 18.2. The first-order valence-corrected chi connectivity index (χ1v) is 13.1. The van der Waals surface area contributed by atoms with Crippen LogP contribution in [0.4, 0.5) is 5.13 Å². The number of carboxylic acids is 1. The summed E-state index contributed by atoms with van der Waals surface area (Å²) in [5.41, 5.74) is 8.33. The molecule has 0 unspecified atom stereocenters. The molecule has 38 heavy (non-hydrogen) atoms. The molecule has 0 saturated carbocycles.